The highest BCUT2D eigenvalue weighted by atomic mass is 16.5. The van der Waals surface area contributed by atoms with Crippen LogP contribution in [0.5, 0.6) is 17.2 Å². The van der Waals surface area contributed by atoms with Crippen LogP contribution < -0.4 is 24.8 Å². The van der Waals surface area contributed by atoms with E-state index >= 15 is 0 Å². The molecule has 2 unspecified atom stereocenters. The molecule has 1 amide bonds. The van der Waals surface area contributed by atoms with Gasteiger partial charge in [0.15, 0.2) is 11.5 Å². The van der Waals surface area contributed by atoms with Gasteiger partial charge in [-0.25, -0.2) is 4.98 Å². The van der Waals surface area contributed by atoms with Gasteiger partial charge in [0.25, 0.3) is 0 Å². The van der Waals surface area contributed by atoms with Crippen LogP contribution in [0, 0.1) is 5.92 Å². The third-order valence-electron chi connectivity index (χ3n) is 6.74. The van der Waals surface area contributed by atoms with Gasteiger partial charge in [0.2, 0.25) is 11.9 Å². The zero-order chi connectivity index (χ0) is 23.8. The fraction of sp³-hybridized carbons (Fsp3) is 0.400. The molecule has 3 aromatic rings. The fourth-order valence-corrected chi connectivity index (χ4v) is 4.66. The van der Waals surface area contributed by atoms with E-state index < -0.39 is 0 Å². The molecule has 1 saturated carbocycles. The van der Waals surface area contributed by atoms with Crippen molar-refractivity contribution in [2.24, 2.45) is 5.92 Å². The number of piperazine rings is 1. The van der Waals surface area contributed by atoms with E-state index in [2.05, 4.69) is 22.0 Å². The average molecular weight is 464 g/mol. The van der Waals surface area contributed by atoms with E-state index in [0.29, 0.717) is 66.3 Å². The Hall–Kier alpha value is -3.75. The molecule has 2 aromatic carbocycles. The quantitative estimate of drug-likeness (QED) is 0.595. The van der Waals surface area contributed by atoms with E-state index in [0.717, 1.165) is 12.2 Å². The van der Waals surface area contributed by atoms with E-state index in [-0.39, 0.29) is 11.8 Å². The molecule has 5 rings (SSSR count). The molecule has 1 saturated heterocycles. The number of carbonyl (C=O) groups excluding carboxylic acids is 1. The molecule has 178 valence electrons. The average Bonchev–Trinajstić information content (AvgIpc) is 3.68. The molecular weight excluding hydrogens is 434 g/mol. The predicted molar refractivity (Wildman–Crippen MR) is 130 cm³/mol. The highest BCUT2D eigenvalue weighted by molar-refractivity contribution is 5.91. The Labute approximate surface area is 198 Å². The largest absolute Gasteiger partial charge is 0.497 e. The number of rotatable bonds is 6. The summed E-state index contributed by atoms with van der Waals surface area (Å²) < 4.78 is 16.0. The molecule has 2 atom stereocenters. The van der Waals surface area contributed by atoms with E-state index in [9.17, 15) is 4.79 Å². The van der Waals surface area contributed by atoms with Gasteiger partial charge in [0, 0.05) is 43.5 Å². The molecule has 0 radical (unpaired) electrons. The number of amides is 1. The molecule has 1 aromatic heterocycles. The number of benzene rings is 2. The van der Waals surface area contributed by atoms with E-state index in [1.165, 1.54) is 5.56 Å². The summed E-state index contributed by atoms with van der Waals surface area (Å²) in [6, 6.07) is 11.6. The van der Waals surface area contributed by atoms with Crippen LogP contribution in [0.3, 0.4) is 0 Å². The van der Waals surface area contributed by atoms with Crippen molar-refractivity contribution in [2.45, 2.75) is 12.3 Å². The molecule has 2 aliphatic rings. The number of ether oxygens (including phenoxy) is 3. The molecule has 0 spiro atoms. The summed E-state index contributed by atoms with van der Waals surface area (Å²) in [6.07, 6.45) is 0.904. The molecule has 2 N–H and O–H groups in total. The fourth-order valence-electron chi connectivity index (χ4n) is 4.66. The highest BCUT2D eigenvalue weighted by Crippen LogP contribution is 2.48. The molecule has 9 nitrogen and oxygen atoms in total. The summed E-state index contributed by atoms with van der Waals surface area (Å²) in [4.78, 5) is 26.3. The normalized spacial score (nSPS) is 19.7. The molecule has 1 aliphatic heterocycles. The van der Waals surface area contributed by atoms with Crippen molar-refractivity contribution in [1.82, 2.24) is 14.9 Å². The summed E-state index contributed by atoms with van der Waals surface area (Å²) in [6.45, 7) is 2.59. The van der Waals surface area contributed by atoms with Crippen molar-refractivity contribution in [3.8, 4) is 17.2 Å². The van der Waals surface area contributed by atoms with Gasteiger partial charge in [-0.1, -0.05) is 12.1 Å². The lowest BCUT2D eigenvalue weighted by molar-refractivity contribution is -0.133. The van der Waals surface area contributed by atoms with Crippen LogP contribution in [0.4, 0.5) is 11.8 Å². The molecule has 1 aliphatic carbocycles. The highest BCUT2D eigenvalue weighted by Gasteiger charge is 2.46. The van der Waals surface area contributed by atoms with Crippen molar-refractivity contribution in [2.75, 3.05) is 58.1 Å². The van der Waals surface area contributed by atoms with Gasteiger partial charge >= 0.3 is 0 Å². The summed E-state index contributed by atoms with van der Waals surface area (Å²) in [5, 5.41) is 0.716. The minimum absolute atomic E-state index is 0.0648. The Morgan fingerprint density at radius 2 is 1.62 bits per heavy atom. The second-order valence-electron chi connectivity index (χ2n) is 8.67. The van der Waals surface area contributed by atoms with Crippen molar-refractivity contribution >= 4 is 28.6 Å². The number of aromatic nitrogens is 2. The zero-order valence-corrected chi connectivity index (χ0v) is 19.7. The van der Waals surface area contributed by atoms with Gasteiger partial charge in [-0.2, -0.15) is 4.98 Å². The Bertz CT molecular complexity index is 1210. The van der Waals surface area contributed by atoms with Gasteiger partial charge < -0.3 is 29.7 Å². The third kappa shape index (κ3) is 4.02. The maximum absolute atomic E-state index is 13.1. The molecular formula is C25H29N5O4. The number of nitrogens with two attached hydrogens (primary N) is 1. The van der Waals surface area contributed by atoms with Gasteiger partial charge in [0.1, 0.15) is 11.6 Å². The minimum Gasteiger partial charge on any atom is -0.497 e. The lowest BCUT2D eigenvalue weighted by atomic mass is 10.1. The Balaban J connectivity index is 1.24. The van der Waals surface area contributed by atoms with Crippen molar-refractivity contribution in [1.29, 1.82) is 0 Å². The van der Waals surface area contributed by atoms with E-state index in [1.807, 2.05) is 23.1 Å². The topological polar surface area (TPSA) is 103 Å². The van der Waals surface area contributed by atoms with Crippen molar-refractivity contribution in [3.63, 3.8) is 0 Å². The van der Waals surface area contributed by atoms with Gasteiger partial charge in [-0.15, -0.1) is 0 Å². The summed E-state index contributed by atoms with van der Waals surface area (Å²) in [7, 11) is 4.82. The first-order valence-corrected chi connectivity index (χ1v) is 11.4. The standard InChI is InChI=1S/C25H29N5O4/c1-32-16-6-4-15(5-7-16)17-12-18(17)24(31)29-8-10-30(11-9-29)25-27-20-14-22(34-3)21(33-2)13-19(20)23(26)28-25/h4-7,13-14,17-18H,8-12H2,1-3H3,(H2,26,27,28). The second kappa shape index (κ2) is 8.89. The van der Waals surface area contributed by atoms with Crippen LogP contribution in [-0.4, -0.2) is 68.3 Å². The first-order chi connectivity index (χ1) is 16.5. The van der Waals surface area contributed by atoms with Gasteiger partial charge in [-0.05, 0) is 36.1 Å². The third-order valence-corrected chi connectivity index (χ3v) is 6.74. The van der Waals surface area contributed by atoms with E-state index in [1.54, 1.807) is 27.4 Å². The number of nitrogens with zero attached hydrogens (tertiary/aromatic N) is 4. The number of hydrogen-bond donors (Lipinski definition) is 1. The molecule has 2 heterocycles. The van der Waals surface area contributed by atoms with Crippen molar-refractivity contribution in [3.05, 3.63) is 42.0 Å². The lowest BCUT2D eigenvalue weighted by Gasteiger charge is -2.35. The van der Waals surface area contributed by atoms with Crippen LogP contribution in [-0.2, 0) is 4.79 Å². The van der Waals surface area contributed by atoms with Gasteiger partial charge in [0.05, 0.1) is 26.8 Å². The Morgan fingerprint density at radius 1 is 0.941 bits per heavy atom. The van der Waals surface area contributed by atoms with Crippen molar-refractivity contribution < 1.29 is 19.0 Å². The van der Waals surface area contributed by atoms with Gasteiger partial charge in [-0.3, -0.25) is 4.79 Å². The lowest BCUT2D eigenvalue weighted by Crippen LogP contribution is -2.49. The van der Waals surface area contributed by atoms with Crippen LogP contribution in [0.1, 0.15) is 17.9 Å². The maximum Gasteiger partial charge on any atom is 0.228 e. The molecule has 0 bridgehead atoms. The maximum atomic E-state index is 13.1. The van der Waals surface area contributed by atoms with Crippen LogP contribution in [0.15, 0.2) is 36.4 Å². The van der Waals surface area contributed by atoms with Crippen LogP contribution in [0.2, 0.25) is 0 Å². The van der Waals surface area contributed by atoms with E-state index in [4.69, 9.17) is 24.9 Å². The molecule has 34 heavy (non-hydrogen) atoms. The number of carbonyl (C=O) groups is 1. The second-order valence-corrected chi connectivity index (χ2v) is 8.67. The Kier molecular flexibility index (Phi) is 5.77. The summed E-state index contributed by atoms with van der Waals surface area (Å²) >= 11 is 0. The van der Waals surface area contributed by atoms with Crippen LogP contribution >= 0.6 is 0 Å². The molecule has 2 fully saturated rings. The minimum atomic E-state index is 0.0648. The molecule has 9 heteroatoms. The monoisotopic (exact) mass is 463 g/mol. The number of methoxy groups -OCH3 is 3. The number of hydrogen-bond acceptors (Lipinski definition) is 8. The SMILES string of the molecule is COc1ccc(C2CC2C(=O)N2CCN(c3nc(N)c4cc(OC)c(OC)cc4n3)CC2)cc1. The zero-order valence-electron chi connectivity index (χ0n) is 19.7. The smallest absolute Gasteiger partial charge is 0.228 e. The summed E-state index contributed by atoms with van der Waals surface area (Å²) in [5.74, 6) is 3.55. The summed E-state index contributed by atoms with van der Waals surface area (Å²) in [5.41, 5.74) is 8.14. The number of fused-ring (bicyclic) bond motifs is 1. The number of anilines is 2. The van der Waals surface area contributed by atoms with Crippen LogP contribution in [0.25, 0.3) is 10.9 Å². The first kappa shape index (κ1) is 22.1. The number of nitrogen functional groups attached to an aromatic ring is 1. The Morgan fingerprint density at radius 3 is 2.26 bits per heavy atom. The first-order valence-electron chi connectivity index (χ1n) is 11.4. The predicted octanol–water partition coefficient (Wildman–Crippen LogP) is 2.69.